The number of nitrogens with zero attached hydrogens (tertiary/aromatic N) is 1. The molecule has 0 aliphatic carbocycles. The summed E-state index contributed by atoms with van der Waals surface area (Å²) >= 11 is 0. The maximum Gasteiger partial charge on any atom is 0.119 e. The van der Waals surface area contributed by atoms with Gasteiger partial charge in [-0.2, -0.15) is 0 Å². The first-order valence-corrected chi connectivity index (χ1v) is 5.88. The van der Waals surface area contributed by atoms with Crippen molar-refractivity contribution >= 4 is 0 Å². The van der Waals surface area contributed by atoms with Gasteiger partial charge in [-0.1, -0.05) is 0 Å². The summed E-state index contributed by atoms with van der Waals surface area (Å²) in [5.41, 5.74) is 1.94. The summed E-state index contributed by atoms with van der Waals surface area (Å²) in [5.74, 6) is 0.152. The number of hydrogen-bond acceptors (Lipinski definition) is 4. The van der Waals surface area contributed by atoms with Crippen LogP contribution in [0.3, 0.4) is 0 Å². The second kappa shape index (κ2) is 5.55. The minimum atomic E-state index is 0.0610. The summed E-state index contributed by atoms with van der Waals surface area (Å²) in [6, 6.07) is 4.67. The number of aromatic nitrogens is 2. The highest BCUT2D eigenvalue weighted by molar-refractivity contribution is 5.37. The quantitative estimate of drug-likeness (QED) is 0.648. The first-order chi connectivity index (χ1) is 8.65. The van der Waals surface area contributed by atoms with Gasteiger partial charge in [0.1, 0.15) is 11.5 Å². The maximum absolute atomic E-state index is 9.42. The molecule has 0 saturated heterocycles. The van der Waals surface area contributed by atoms with Crippen LogP contribution in [0.4, 0.5) is 0 Å². The lowest BCUT2D eigenvalue weighted by molar-refractivity contribution is 0.446. The monoisotopic (exact) mass is 247 g/mol. The van der Waals surface area contributed by atoms with Crippen LogP contribution >= 0.6 is 0 Å². The van der Waals surface area contributed by atoms with E-state index >= 15 is 0 Å². The SMILES string of the molecule is CC(NCCc1cnc[nH]1)c1cc(O)cc(O)c1. The van der Waals surface area contributed by atoms with Crippen LogP contribution in [0.5, 0.6) is 11.5 Å². The van der Waals surface area contributed by atoms with E-state index in [4.69, 9.17) is 0 Å². The molecule has 2 rings (SSSR count). The predicted molar refractivity (Wildman–Crippen MR) is 68.5 cm³/mol. The summed E-state index contributed by atoms with van der Waals surface area (Å²) < 4.78 is 0. The van der Waals surface area contributed by atoms with Crippen LogP contribution in [0.2, 0.25) is 0 Å². The topological polar surface area (TPSA) is 81.2 Å². The van der Waals surface area contributed by atoms with Crippen LogP contribution in [0.1, 0.15) is 24.2 Å². The summed E-state index contributed by atoms with van der Waals surface area (Å²) in [6.07, 6.45) is 4.31. The molecule has 96 valence electrons. The van der Waals surface area contributed by atoms with Gasteiger partial charge in [-0.25, -0.2) is 4.98 Å². The van der Waals surface area contributed by atoms with Gasteiger partial charge in [-0.05, 0) is 24.6 Å². The molecule has 5 heteroatoms. The van der Waals surface area contributed by atoms with Gasteiger partial charge in [0.2, 0.25) is 0 Å². The fraction of sp³-hybridized carbons (Fsp3) is 0.308. The van der Waals surface area contributed by atoms with Crippen molar-refractivity contribution < 1.29 is 10.2 Å². The Hall–Kier alpha value is -2.01. The molecule has 5 nitrogen and oxygen atoms in total. The van der Waals surface area contributed by atoms with Gasteiger partial charge < -0.3 is 20.5 Å². The van der Waals surface area contributed by atoms with Crippen LogP contribution in [-0.4, -0.2) is 26.7 Å². The number of hydrogen-bond donors (Lipinski definition) is 4. The number of nitrogens with one attached hydrogen (secondary N) is 2. The number of rotatable bonds is 5. The zero-order valence-electron chi connectivity index (χ0n) is 10.2. The van der Waals surface area contributed by atoms with Gasteiger partial charge in [0, 0.05) is 37.0 Å². The van der Waals surface area contributed by atoms with Crippen LogP contribution < -0.4 is 5.32 Å². The van der Waals surface area contributed by atoms with E-state index in [1.54, 1.807) is 24.7 Å². The van der Waals surface area contributed by atoms with E-state index in [1.165, 1.54) is 6.07 Å². The molecule has 2 aromatic rings. The normalized spacial score (nSPS) is 12.5. The van der Waals surface area contributed by atoms with Gasteiger partial charge in [0.15, 0.2) is 0 Å². The summed E-state index contributed by atoms with van der Waals surface area (Å²) in [5, 5.41) is 22.2. The van der Waals surface area contributed by atoms with Gasteiger partial charge in [-0.15, -0.1) is 0 Å². The molecule has 0 fully saturated rings. The maximum atomic E-state index is 9.42. The lowest BCUT2D eigenvalue weighted by Crippen LogP contribution is -2.21. The van der Waals surface area contributed by atoms with Gasteiger partial charge in [-0.3, -0.25) is 0 Å². The number of phenols is 2. The summed E-state index contributed by atoms with van der Waals surface area (Å²) in [6.45, 7) is 2.78. The fourth-order valence-electron chi connectivity index (χ4n) is 1.83. The third kappa shape index (κ3) is 3.24. The summed E-state index contributed by atoms with van der Waals surface area (Å²) in [7, 11) is 0. The Kier molecular flexibility index (Phi) is 3.84. The van der Waals surface area contributed by atoms with Crippen molar-refractivity contribution in [1.82, 2.24) is 15.3 Å². The van der Waals surface area contributed by atoms with Gasteiger partial charge >= 0.3 is 0 Å². The number of phenolic OH excluding ortho intramolecular Hbond substituents is 2. The second-order valence-electron chi connectivity index (χ2n) is 4.29. The number of H-pyrrole nitrogens is 1. The first kappa shape index (κ1) is 12.4. The van der Waals surface area contributed by atoms with Crippen molar-refractivity contribution in [3.05, 3.63) is 42.0 Å². The van der Waals surface area contributed by atoms with Crippen molar-refractivity contribution in [2.45, 2.75) is 19.4 Å². The Balaban J connectivity index is 1.89. The minimum absolute atomic E-state index is 0.0610. The van der Waals surface area contributed by atoms with E-state index in [1.807, 2.05) is 6.92 Å². The molecule has 1 atom stereocenters. The molecule has 1 aromatic carbocycles. The van der Waals surface area contributed by atoms with Gasteiger partial charge in [0.25, 0.3) is 0 Å². The molecule has 0 spiro atoms. The number of imidazole rings is 1. The summed E-state index contributed by atoms with van der Waals surface area (Å²) in [4.78, 5) is 6.99. The zero-order chi connectivity index (χ0) is 13.0. The molecule has 1 heterocycles. The molecule has 4 N–H and O–H groups in total. The highest BCUT2D eigenvalue weighted by atomic mass is 16.3. The number of benzene rings is 1. The third-order valence-corrected chi connectivity index (χ3v) is 2.82. The molecule has 1 unspecified atom stereocenters. The van der Waals surface area contributed by atoms with Crippen molar-refractivity contribution in [2.24, 2.45) is 0 Å². The van der Waals surface area contributed by atoms with E-state index in [-0.39, 0.29) is 17.5 Å². The lowest BCUT2D eigenvalue weighted by Gasteiger charge is -2.14. The van der Waals surface area contributed by atoms with Crippen LogP contribution in [0.25, 0.3) is 0 Å². The van der Waals surface area contributed by atoms with Crippen LogP contribution in [-0.2, 0) is 6.42 Å². The smallest absolute Gasteiger partial charge is 0.119 e. The second-order valence-corrected chi connectivity index (χ2v) is 4.29. The fourth-order valence-corrected chi connectivity index (χ4v) is 1.83. The Labute approximate surface area is 106 Å². The van der Waals surface area contributed by atoms with E-state index in [2.05, 4.69) is 15.3 Å². The average molecular weight is 247 g/mol. The molecule has 1 aromatic heterocycles. The Morgan fingerprint density at radius 1 is 1.28 bits per heavy atom. The van der Waals surface area contributed by atoms with E-state index in [9.17, 15) is 10.2 Å². The van der Waals surface area contributed by atoms with Crippen molar-refractivity contribution in [1.29, 1.82) is 0 Å². The molecule has 0 aliphatic heterocycles. The van der Waals surface area contributed by atoms with Crippen LogP contribution in [0, 0.1) is 0 Å². The van der Waals surface area contributed by atoms with E-state index < -0.39 is 0 Å². The van der Waals surface area contributed by atoms with Crippen LogP contribution in [0.15, 0.2) is 30.7 Å². The Morgan fingerprint density at radius 3 is 2.61 bits per heavy atom. The van der Waals surface area contributed by atoms with Gasteiger partial charge in [0.05, 0.1) is 6.33 Å². The largest absolute Gasteiger partial charge is 0.508 e. The van der Waals surface area contributed by atoms with E-state index in [0.717, 1.165) is 24.2 Å². The Bertz CT molecular complexity index is 477. The Morgan fingerprint density at radius 2 is 2.00 bits per heavy atom. The molecule has 0 bridgehead atoms. The third-order valence-electron chi connectivity index (χ3n) is 2.82. The highest BCUT2D eigenvalue weighted by Crippen LogP contribution is 2.24. The first-order valence-electron chi connectivity index (χ1n) is 5.88. The molecular formula is C13H17N3O2. The predicted octanol–water partition coefficient (Wildman–Crippen LogP) is 1.71. The highest BCUT2D eigenvalue weighted by Gasteiger charge is 2.07. The average Bonchev–Trinajstić information content (AvgIpc) is 2.80. The molecule has 0 radical (unpaired) electrons. The molecule has 0 aliphatic rings. The van der Waals surface area contributed by atoms with Crippen molar-refractivity contribution in [3.8, 4) is 11.5 Å². The van der Waals surface area contributed by atoms with Crippen molar-refractivity contribution in [2.75, 3.05) is 6.54 Å². The number of aromatic hydroxyl groups is 2. The molecule has 0 saturated carbocycles. The van der Waals surface area contributed by atoms with E-state index in [0.29, 0.717) is 0 Å². The minimum Gasteiger partial charge on any atom is -0.508 e. The zero-order valence-corrected chi connectivity index (χ0v) is 10.2. The molecule has 0 amide bonds. The molecular weight excluding hydrogens is 230 g/mol. The molecule has 18 heavy (non-hydrogen) atoms. The lowest BCUT2D eigenvalue weighted by atomic mass is 10.1. The number of aromatic amines is 1. The van der Waals surface area contributed by atoms with Crippen molar-refractivity contribution in [3.63, 3.8) is 0 Å². The standard InChI is InChI=1S/C13H17N3O2/c1-9(10-4-12(17)6-13(18)5-10)15-3-2-11-7-14-8-16-11/h4-9,15,17-18H,2-3H2,1H3,(H,14,16).